The second-order valence-corrected chi connectivity index (χ2v) is 8.91. The number of likely N-dealkylation sites (tertiary alicyclic amines) is 1. The van der Waals surface area contributed by atoms with Crippen molar-refractivity contribution in [2.45, 2.75) is 44.7 Å². The third-order valence-electron chi connectivity index (χ3n) is 6.79. The van der Waals surface area contributed by atoms with Gasteiger partial charge in [0.2, 0.25) is 5.91 Å². The van der Waals surface area contributed by atoms with Crippen LogP contribution in [-0.2, 0) is 11.3 Å². The number of carbonyl (C=O) groups is 2. The van der Waals surface area contributed by atoms with Crippen molar-refractivity contribution >= 4 is 22.7 Å². The number of piperidine rings is 1. The topological polar surface area (TPSA) is 66.4 Å². The third kappa shape index (κ3) is 4.22. The molecule has 6 heteroatoms. The number of carbonyl (C=O) groups excluding carboxylic acids is 2. The molecule has 1 unspecified atom stereocenters. The first-order chi connectivity index (χ1) is 15.7. The second-order valence-electron chi connectivity index (χ2n) is 8.91. The van der Waals surface area contributed by atoms with Crippen molar-refractivity contribution in [1.82, 2.24) is 19.8 Å². The highest BCUT2D eigenvalue weighted by Gasteiger charge is 2.36. The molecule has 2 fully saturated rings. The van der Waals surface area contributed by atoms with Gasteiger partial charge in [-0.2, -0.15) is 0 Å². The average molecular weight is 429 g/mol. The second kappa shape index (κ2) is 9.07. The summed E-state index contributed by atoms with van der Waals surface area (Å²) < 4.78 is 0. The van der Waals surface area contributed by atoms with E-state index in [1.165, 1.54) is 0 Å². The molecule has 5 rings (SSSR count). The highest BCUT2D eigenvalue weighted by atomic mass is 16.2. The minimum Gasteiger partial charge on any atom is -0.337 e. The molecule has 1 aliphatic carbocycles. The molecule has 0 spiro atoms. The Bertz CT molecular complexity index is 1110. The van der Waals surface area contributed by atoms with Gasteiger partial charge in [-0.15, -0.1) is 0 Å². The van der Waals surface area contributed by atoms with Gasteiger partial charge >= 0.3 is 0 Å². The van der Waals surface area contributed by atoms with Crippen LogP contribution in [0.3, 0.4) is 0 Å². The summed E-state index contributed by atoms with van der Waals surface area (Å²) in [6, 6.07) is 13.5. The fourth-order valence-corrected chi connectivity index (χ4v) is 4.75. The number of hydrogen-bond acceptors (Lipinski definition) is 4. The van der Waals surface area contributed by atoms with Crippen molar-refractivity contribution in [2.75, 3.05) is 13.1 Å². The maximum atomic E-state index is 13.3. The van der Waals surface area contributed by atoms with E-state index in [0.29, 0.717) is 18.7 Å². The van der Waals surface area contributed by atoms with E-state index in [2.05, 4.69) is 9.97 Å². The first-order valence-electron chi connectivity index (χ1n) is 11.5. The summed E-state index contributed by atoms with van der Waals surface area (Å²) in [5.74, 6) is 0.389. The number of benzene rings is 1. The molecule has 1 aliphatic heterocycles. The molecular formula is C26H28N4O2. The average Bonchev–Trinajstić information content (AvgIpc) is 2.81. The van der Waals surface area contributed by atoms with Crippen LogP contribution in [0.5, 0.6) is 0 Å². The number of aromatic nitrogens is 2. The molecular weight excluding hydrogens is 400 g/mol. The minimum atomic E-state index is 0.0258. The molecule has 1 aromatic carbocycles. The van der Waals surface area contributed by atoms with Gasteiger partial charge in [0.05, 0.1) is 5.52 Å². The lowest BCUT2D eigenvalue weighted by molar-refractivity contribution is -0.142. The van der Waals surface area contributed by atoms with Crippen LogP contribution >= 0.6 is 0 Å². The Morgan fingerprint density at radius 2 is 1.91 bits per heavy atom. The molecule has 1 saturated carbocycles. The van der Waals surface area contributed by atoms with Crippen LogP contribution in [0.25, 0.3) is 10.9 Å². The summed E-state index contributed by atoms with van der Waals surface area (Å²) in [5, 5.41) is 0.963. The van der Waals surface area contributed by atoms with Crippen molar-refractivity contribution in [2.24, 2.45) is 5.92 Å². The first-order valence-corrected chi connectivity index (χ1v) is 11.5. The summed E-state index contributed by atoms with van der Waals surface area (Å²) >= 11 is 0. The summed E-state index contributed by atoms with van der Waals surface area (Å²) in [7, 11) is 0. The predicted molar refractivity (Wildman–Crippen MR) is 123 cm³/mol. The molecule has 2 amide bonds. The first kappa shape index (κ1) is 20.6. The highest BCUT2D eigenvalue weighted by Crippen LogP contribution is 2.31. The van der Waals surface area contributed by atoms with Crippen LogP contribution in [0.4, 0.5) is 0 Å². The SMILES string of the molecule is O=C(c1ccc2ncccc2c1)N1CCCC(N(Cc2cccnc2)C(=O)C2CCC2)C1. The molecule has 6 nitrogen and oxygen atoms in total. The molecule has 3 aromatic rings. The van der Waals surface area contributed by atoms with Crippen LogP contribution < -0.4 is 0 Å². The van der Waals surface area contributed by atoms with Gasteiger partial charge in [0.1, 0.15) is 0 Å². The van der Waals surface area contributed by atoms with E-state index in [9.17, 15) is 9.59 Å². The van der Waals surface area contributed by atoms with Crippen LogP contribution in [0.2, 0.25) is 0 Å². The van der Waals surface area contributed by atoms with Crippen molar-refractivity contribution in [3.8, 4) is 0 Å². The van der Waals surface area contributed by atoms with Gasteiger partial charge in [0, 0.05) is 61.1 Å². The Labute approximate surface area is 188 Å². The lowest BCUT2D eigenvalue weighted by atomic mass is 9.83. The molecule has 1 atom stereocenters. The normalized spacial score (nSPS) is 18.9. The molecule has 0 bridgehead atoms. The largest absolute Gasteiger partial charge is 0.337 e. The van der Waals surface area contributed by atoms with Gasteiger partial charge in [0.15, 0.2) is 0 Å². The molecule has 0 N–H and O–H groups in total. The van der Waals surface area contributed by atoms with Gasteiger partial charge in [0.25, 0.3) is 5.91 Å². The highest BCUT2D eigenvalue weighted by molar-refractivity contribution is 5.98. The molecule has 3 heterocycles. The zero-order valence-electron chi connectivity index (χ0n) is 18.2. The summed E-state index contributed by atoms with van der Waals surface area (Å²) in [4.78, 5) is 39.1. The number of rotatable bonds is 5. The van der Waals surface area contributed by atoms with E-state index < -0.39 is 0 Å². The lowest BCUT2D eigenvalue weighted by Crippen LogP contribution is -2.53. The molecule has 164 valence electrons. The zero-order valence-corrected chi connectivity index (χ0v) is 18.2. The Kier molecular flexibility index (Phi) is 5.84. The van der Waals surface area contributed by atoms with Crippen molar-refractivity contribution in [3.63, 3.8) is 0 Å². The number of fused-ring (bicyclic) bond motifs is 1. The third-order valence-corrected chi connectivity index (χ3v) is 6.79. The Balaban J connectivity index is 1.35. The fourth-order valence-electron chi connectivity index (χ4n) is 4.75. The zero-order chi connectivity index (χ0) is 21.9. The molecule has 32 heavy (non-hydrogen) atoms. The maximum absolute atomic E-state index is 13.3. The maximum Gasteiger partial charge on any atom is 0.253 e. The van der Waals surface area contributed by atoms with E-state index in [4.69, 9.17) is 0 Å². The number of pyridine rings is 2. The smallest absolute Gasteiger partial charge is 0.253 e. The van der Waals surface area contributed by atoms with Gasteiger partial charge in [-0.05, 0) is 61.6 Å². The predicted octanol–water partition coefficient (Wildman–Crippen LogP) is 4.06. The Morgan fingerprint density at radius 1 is 1.03 bits per heavy atom. The number of nitrogens with zero attached hydrogens (tertiary/aromatic N) is 4. The van der Waals surface area contributed by atoms with E-state index in [0.717, 1.165) is 55.1 Å². The van der Waals surface area contributed by atoms with Crippen molar-refractivity contribution in [3.05, 3.63) is 72.2 Å². The van der Waals surface area contributed by atoms with E-state index in [1.807, 2.05) is 58.5 Å². The molecule has 2 aromatic heterocycles. The van der Waals surface area contributed by atoms with E-state index in [-0.39, 0.29) is 23.8 Å². The Hall–Kier alpha value is -3.28. The Morgan fingerprint density at radius 3 is 2.69 bits per heavy atom. The summed E-state index contributed by atoms with van der Waals surface area (Å²) in [6.45, 7) is 1.85. The van der Waals surface area contributed by atoms with Gasteiger partial charge in [-0.3, -0.25) is 19.6 Å². The van der Waals surface area contributed by atoms with E-state index >= 15 is 0 Å². The van der Waals surface area contributed by atoms with Gasteiger partial charge in [-0.1, -0.05) is 18.6 Å². The van der Waals surface area contributed by atoms with Gasteiger partial charge < -0.3 is 9.80 Å². The quantitative estimate of drug-likeness (QED) is 0.615. The van der Waals surface area contributed by atoms with Crippen LogP contribution in [0.15, 0.2) is 61.1 Å². The summed E-state index contributed by atoms with van der Waals surface area (Å²) in [6.07, 6.45) is 10.2. The standard InChI is InChI=1S/C26H28N4O2/c31-25(22-10-11-24-21(15-22)8-3-13-28-24)29-14-4-9-23(18-29)30(26(32)20-6-1-7-20)17-19-5-2-12-27-16-19/h2-3,5,8,10-13,15-16,20,23H,1,4,6-7,9,14,17-18H2. The number of amides is 2. The minimum absolute atomic E-state index is 0.0258. The molecule has 0 radical (unpaired) electrons. The van der Waals surface area contributed by atoms with Crippen LogP contribution in [0.1, 0.15) is 48.0 Å². The fraction of sp³-hybridized carbons (Fsp3) is 0.385. The monoisotopic (exact) mass is 428 g/mol. The van der Waals surface area contributed by atoms with Crippen LogP contribution in [0, 0.1) is 5.92 Å². The summed E-state index contributed by atoms with van der Waals surface area (Å²) in [5.41, 5.74) is 2.59. The molecule has 1 saturated heterocycles. The lowest BCUT2D eigenvalue weighted by Gasteiger charge is -2.42. The van der Waals surface area contributed by atoms with Crippen molar-refractivity contribution < 1.29 is 9.59 Å². The van der Waals surface area contributed by atoms with Gasteiger partial charge in [-0.25, -0.2) is 0 Å². The van der Waals surface area contributed by atoms with E-state index in [1.54, 1.807) is 12.4 Å². The molecule has 2 aliphatic rings. The number of hydrogen-bond donors (Lipinski definition) is 0. The van der Waals surface area contributed by atoms with Crippen LogP contribution in [-0.4, -0.2) is 50.7 Å². The van der Waals surface area contributed by atoms with Crippen molar-refractivity contribution in [1.29, 1.82) is 0 Å².